The number of hydrogen-bond acceptors (Lipinski definition) is 3. The van der Waals surface area contributed by atoms with Crippen LogP contribution in [-0.2, 0) is 6.54 Å². The second-order valence-corrected chi connectivity index (χ2v) is 6.63. The Bertz CT molecular complexity index is 682. The highest BCUT2D eigenvalue weighted by atomic mass is 16.3. The van der Waals surface area contributed by atoms with E-state index in [0.29, 0.717) is 12.3 Å². The zero-order chi connectivity index (χ0) is 18.2. The average molecular weight is 344 g/mol. The minimum Gasteiger partial charge on any atom is -0.396 e. The monoisotopic (exact) mass is 344 g/mol. The van der Waals surface area contributed by atoms with Gasteiger partial charge in [-0.3, -0.25) is 0 Å². The number of amides is 2. The first-order valence-electron chi connectivity index (χ1n) is 8.78. The van der Waals surface area contributed by atoms with E-state index in [1.54, 1.807) is 0 Å². The van der Waals surface area contributed by atoms with E-state index in [-0.39, 0.29) is 18.7 Å². The summed E-state index contributed by atoms with van der Waals surface area (Å²) < 4.78 is 2.13. The molecule has 6 heteroatoms. The second kappa shape index (κ2) is 9.22. The third kappa shape index (κ3) is 5.90. The lowest BCUT2D eigenvalue weighted by molar-refractivity contribution is 0.245. The second-order valence-electron chi connectivity index (χ2n) is 6.63. The lowest BCUT2D eigenvalue weighted by Gasteiger charge is -2.15. The van der Waals surface area contributed by atoms with E-state index < -0.39 is 0 Å². The molecule has 2 aromatic rings. The lowest BCUT2D eigenvalue weighted by Crippen LogP contribution is -2.36. The molecule has 25 heavy (non-hydrogen) atoms. The molecule has 1 unspecified atom stereocenters. The molecule has 0 saturated heterocycles. The summed E-state index contributed by atoms with van der Waals surface area (Å²) in [4.78, 5) is 16.5. The van der Waals surface area contributed by atoms with Crippen LogP contribution in [0.15, 0.2) is 36.7 Å². The van der Waals surface area contributed by atoms with Crippen LogP contribution in [0.3, 0.4) is 0 Å². The van der Waals surface area contributed by atoms with Crippen LogP contribution in [0.5, 0.6) is 0 Å². The smallest absolute Gasteiger partial charge is 0.319 e. The van der Waals surface area contributed by atoms with Crippen molar-refractivity contribution in [3.05, 3.63) is 48.0 Å². The Balaban J connectivity index is 1.96. The molecule has 0 aliphatic rings. The maximum absolute atomic E-state index is 12.1. The number of urea groups is 1. The maximum atomic E-state index is 12.1. The van der Waals surface area contributed by atoms with Gasteiger partial charge in [0.2, 0.25) is 0 Å². The number of nitrogens with one attached hydrogen (secondary N) is 2. The first-order valence-corrected chi connectivity index (χ1v) is 8.78. The van der Waals surface area contributed by atoms with Gasteiger partial charge in [0.15, 0.2) is 0 Å². The Morgan fingerprint density at radius 1 is 1.32 bits per heavy atom. The maximum Gasteiger partial charge on any atom is 0.319 e. The van der Waals surface area contributed by atoms with Crippen LogP contribution in [0.4, 0.5) is 10.5 Å². The van der Waals surface area contributed by atoms with Gasteiger partial charge in [0.05, 0.1) is 0 Å². The first kappa shape index (κ1) is 19.0. The third-order valence-electron chi connectivity index (χ3n) is 3.97. The number of hydrogen-bond donors (Lipinski definition) is 3. The summed E-state index contributed by atoms with van der Waals surface area (Å²) in [6.07, 6.45) is 5.23. The number of carbonyl (C=O) groups excluding carboxylic acids is 1. The van der Waals surface area contributed by atoms with Gasteiger partial charge in [-0.1, -0.05) is 26.0 Å². The standard InChI is InChI=1S/C19H28N4O2/c1-14(2)18-20-9-10-23(18)13-16-7-4-8-17(12-16)22-19(25)21-15(3)6-5-11-24/h4,7-10,12,14-15,24H,5-6,11,13H2,1-3H3,(H2,21,22,25). The van der Waals surface area contributed by atoms with E-state index >= 15 is 0 Å². The summed E-state index contributed by atoms with van der Waals surface area (Å²) in [6.45, 7) is 7.04. The van der Waals surface area contributed by atoms with Crippen molar-refractivity contribution in [1.82, 2.24) is 14.9 Å². The molecule has 2 amide bonds. The largest absolute Gasteiger partial charge is 0.396 e. The molecule has 0 fully saturated rings. The molecule has 2 rings (SSSR count). The number of benzene rings is 1. The molecule has 0 saturated carbocycles. The molecule has 1 aromatic heterocycles. The predicted molar refractivity (Wildman–Crippen MR) is 99.8 cm³/mol. The molecule has 3 N–H and O–H groups in total. The van der Waals surface area contributed by atoms with Crippen molar-refractivity contribution in [2.75, 3.05) is 11.9 Å². The SMILES string of the molecule is CC(CCCO)NC(=O)Nc1cccc(Cn2ccnc2C(C)C)c1. The van der Waals surface area contributed by atoms with Gasteiger partial charge in [-0.2, -0.15) is 0 Å². The van der Waals surface area contributed by atoms with Crippen molar-refractivity contribution in [3.63, 3.8) is 0 Å². The molecule has 136 valence electrons. The highest BCUT2D eigenvalue weighted by Gasteiger charge is 2.09. The summed E-state index contributed by atoms with van der Waals surface area (Å²) in [5.74, 6) is 1.41. The summed E-state index contributed by atoms with van der Waals surface area (Å²) in [7, 11) is 0. The van der Waals surface area contributed by atoms with Crippen LogP contribution in [0.1, 0.15) is 50.9 Å². The zero-order valence-corrected chi connectivity index (χ0v) is 15.2. The van der Waals surface area contributed by atoms with Crippen molar-refractivity contribution in [2.24, 2.45) is 0 Å². The van der Waals surface area contributed by atoms with Gasteiger partial charge in [-0.25, -0.2) is 9.78 Å². The minimum atomic E-state index is -0.229. The van der Waals surface area contributed by atoms with E-state index in [1.807, 2.05) is 43.6 Å². The summed E-state index contributed by atoms with van der Waals surface area (Å²) in [5, 5.41) is 14.6. The molecular weight excluding hydrogens is 316 g/mol. The van der Waals surface area contributed by atoms with E-state index in [0.717, 1.165) is 30.0 Å². The highest BCUT2D eigenvalue weighted by Crippen LogP contribution is 2.16. The Labute approximate surface area is 149 Å². The fourth-order valence-corrected chi connectivity index (χ4v) is 2.76. The van der Waals surface area contributed by atoms with Crippen molar-refractivity contribution in [1.29, 1.82) is 0 Å². The molecule has 1 heterocycles. The predicted octanol–water partition coefficient (Wildman–Crippen LogP) is 3.34. The van der Waals surface area contributed by atoms with Gasteiger partial charge in [-0.05, 0) is 37.5 Å². The zero-order valence-electron chi connectivity index (χ0n) is 15.2. The van der Waals surface area contributed by atoms with Crippen molar-refractivity contribution < 1.29 is 9.90 Å². The lowest BCUT2D eigenvalue weighted by atomic mass is 10.1. The Morgan fingerprint density at radius 2 is 2.12 bits per heavy atom. The molecule has 0 aliphatic carbocycles. The Hall–Kier alpha value is -2.34. The molecule has 0 spiro atoms. The molecule has 1 atom stereocenters. The van der Waals surface area contributed by atoms with E-state index in [2.05, 4.69) is 34.0 Å². The first-order chi connectivity index (χ1) is 12.0. The Kier molecular flexibility index (Phi) is 7.01. The fourth-order valence-electron chi connectivity index (χ4n) is 2.76. The number of aromatic nitrogens is 2. The van der Waals surface area contributed by atoms with Gasteiger partial charge in [0, 0.05) is 43.2 Å². The van der Waals surface area contributed by atoms with Crippen molar-refractivity contribution in [3.8, 4) is 0 Å². The quantitative estimate of drug-likeness (QED) is 0.687. The van der Waals surface area contributed by atoms with Crippen LogP contribution in [0.25, 0.3) is 0 Å². The number of anilines is 1. The molecule has 0 bridgehead atoms. The molecule has 0 radical (unpaired) electrons. The molecule has 6 nitrogen and oxygen atoms in total. The van der Waals surface area contributed by atoms with Crippen LogP contribution in [0, 0.1) is 0 Å². The van der Waals surface area contributed by atoms with Gasteiger partial charge >= 0.3 is 6.03 Å². The van der Waals surface area contributed by atoms with Gasteiger partial charge in [0.1, 0.15) is 5.82 Å². The number of nitrogens with zero attached hydrogens (tertiary/aromatic N) is 2. The minimum absolute atomic E-state index is 0.0230. The van der Waals surface area contributed by atoms with E-state index in [9.17, 15) is 4.79 Å². The average Bonchev–Trinajstić information content (AvgIpc) is 3.01. The van der Waals surface area contributed by atoms with E-state index in [4.69, 9.17) is 5.11 Å². The van der Waals surface area contributed by atoms with Crippen molar-refractivity contribution >= 4 is 11.7 Å². The van der Waals surface area contributed by atoms with Gasteiger partial charge < -0.3 is 20.3 Å². The van der Waals surface area contributed by atoms with E-state index in [1.165, 1.54) is 0 Å². The number of aliphatic hydroxyl groups excluding tert-OH is 1. The number of aliphatic hydroxyl groups is 1. The summed E-state index contributed by atoms with van der Waals surface area (Å²) in [6, 6.07) is 7.62. The number of carbonyl (C=O) groups is 1. The third-order valence-corrected chi connectivity index (χ3v) is 3.97. The molecular formula is C19H28N4O2. The van der Waals surface area contributed by atoms with Crippen LogP contribution in [-0.4, -0.2) is 33.3 Å². The Morgan fingerprint density at radius 3 is 2.84 bits per heavy atom. The summed E-state index contributed by atoms with van der Waals surface area (Å²) in [5.41, 5.74) is 1.86. The fraction of sp³-hybridized carbons (Fsp3) is 0.474. The van der Waals surface area contributed by atoms with Gasteiger partial charge in [-0.15, -0.1) is 0 Å². The van der Waals surface area contributed by atoms with Gasteiger partial charge in [0.25, 0.3) is 0 Å². The van der Waals surface area contributed by atoms with Crippen LogP contribution in [0.2, 0.25) is 0 Å². The van der Waals surface area contributed by atoms with Crippen LogP contribution < -0.4 is 10.6 Å². The molecule has 1 aromatic carbocycles. The molecule has 0 aliphatic heterocycles. The topological polar surface area (TPSA) is 79.2 Å². The normalized spacial score (nSPS) is 12.2. The number of imidazole rings is 1. The number of rotatable bonds is 8. The van der Waals surface area contributed by atoms with Crippen molar-refractivity contribution in [2.45, 2.75) is 52.1 Å². The highest BCUT2D eigenvalue weighted by molar-refractivity contribution is 5.89. The van der Waals surface area contributed by atoms with Crippen LogP contribution >= 0.6 is 0 Å². The summed E-state index contributed by atoms with van der Waals surface area (Å²) >= 11 is 0.